The molecule has 0 spiro atoms. The van der Waals surface area contributed by atoms with Crippen LogP contribution in [-0.4, -0.2) is 27.5 Å². The van der Waals surface area contributed by atoms with Crippen molar-refractivity contribution in [1.29, 1.82) is 0 Å². The van der Waals surface area contributed by atoms with Crippen LogP contribution in [0.2, 0.25) is 0 Å². The van der Waals surface area contributed by atoms with Crippen molar-refractivity contribution in [3.05, 3.63) is 17.5 Å². The highest BCUT2D eigenvalue weighted by Gasteiger charge is 2.26. The van der Waals surface area contributed by atoms with E-state index in [-0.39, 0.29) is 11.7 Å². The molecule has 1 saturated heterocycles. The average Bonchev–Trinajstić information content (AvgIpc) is 2.70. The first kappa shape index (κ1) is 9.21. The maximum atomic E-state index is 10.9. The zero-order valence-electron chi connectivity index (χ0n) is 7.93. The molecule has 1 aromatic rings. The van der Waals surface area contributed by atoms with Gasteiger partial charge < -0.3 is 9.84 Å². The summed E-state index contributed by atoms with van der Waals surface area (Å²) >= 11 is 0. The van der Waals surface area contributed by atoms with E-state index >= 15 is 0 Å². The fraction of sp³-hybridized carbons (Fsp3) is 0.556. The molecule has 0 bridgehead atoms. The van der Waals surface area contributed by atoms with E-state index < -0.39 is 5.97 Å². The predicted molar refractivity (Wildman–Crippen MR) is 48.1 cm³/mol. The minimum absolute atomic E-state index is 0.137. The number of carbonyl (C=O) groups is 1. The van der Waals surface area contributed by atoms with E-state index in [4.69, 9.17) is 9.84 Å². The van der Waals surface area contributed by atoms with Crippen LogP contribution in [0.15, 0.2) is 6.20 Å². The highest BCUT2D eigenvalue weighted by molar-refractivity contribution is 5.88. The van der Waals surface area contributed by atoms with Gasteiger partial charge >= 0.3 is 5.97 Å². The predicted octanol–water partition coefficient (Wildman–Crippen LogP) is 0.970. The highest BCUT2D eigenvalue weighted by Crippen LogP contribution is 2.29. The summed E-state index contributed by atoms with van der Waals surface area (Å²) in [7, 11) is 1.71. The number of aromatic carboxylic acids is 1. The first-order chi connectivity index (χ1) is 6.68. The van der Waals surface area contributed by atoms with Crippen LogP contribution in [0.5, 0.6) is 0 Å². The van der Waals surface area contributed by atoms with E-state index in [9.17, 15) is 4.79 Å². The van der Waals surface area contributed by atoms with Gasteiger partial charge in [-0.05, 0) is 12.8 Å². The third kappa shape index (κ3) is 1.50. The van der Waals surface area contributed by atoms with Crippen LogP contribution in [0.3, 0.4) is 0 Å². The second-order valence-electron chi connectivity index (χ2n) is 3.41. The molecule has 76 valence electrons. The van der Waals surface area contributed by atoms with Crippen molar-refractivity contribution < 1.29 is 14.6 Å². The third-order valence-electron chi connectivity index (χ3n) is 2.32. The van der Waals surface area contributed by atoms with Crippen molar-refractivity contribution in [2.75, 3.05) is 6.61 Å². The Morgan fingerprint density at radius 2 is 2.57 bits per heavy atom. The average molecular weight is 196 g/mol. The van der Waals surface area contributed by atoms with Gasteiger partial charge in [0.05, 0.1) is 0 Å². The van der Waals surface area contributed by atoms with E-state index in [2.05, 4.69) is 5.10 Å². The van der Waals surface area contributed by atoms with Crippen LogP contribution in [0, 0.1) is 0 Å². The van der Waals surface area contributed by atoms with Gasteiger partial charge in [0.15, 0.2) is 0 Å². The van der Waals surface area contributed by atoms with E-state index in [1.54, 1.807) is 7.05 Å². The largest absolute Gasteiger partial charge is 0.478 e. The number of ether oxygens (including phenoxy) is 1. The molecule has 1 aliphatic rings. The van der Waals surface area contributed by atoms with Gasteiger partial charge in [-0.3, -0.25) is 4.68 Å². The summed E-state index contributed by atoms with van der Waals surface area (Å²) in [6.45, 7) is 0.695. The first-order valence-corrected chi connectivity index (χ1v) is 4.57. The number of rotatable bonds is 2. The molecule has 2 rings (SSSR count). The van der Waals surface area contributed by atoms with Crippen LogP contribution in [0.1, 0.15) is 35.0 Å². The third-order valence-corrected chi connectivity index (χ3v) is 2.32. The van der Waals surface area contributed by atoms with E-state index in [1.165, 1.54) is 10.9 Å². The Labute approximate surface area is 81.3 Å². The molecule has 1 N–H and O–H groups in total. The number of aryl methyl sites for hydroxylation is 1. The van der Waals surface area contributed by atoms with Crippen LogP contribution in [0.25, 0.3) is 0 Å². The Morgan fingerprint density at radius 3 is 3.14 bits per heavy atom. The van der Waals surface area contributed by atoms with E-state index in [0.717, 1.165) is 12.8 Å². The van der Waals surface area contributed by atoms with Crippen molar-refractivity contribution in [3.63, 3.8) is 0 Å². The maximum Gasteiger partial charge on any atom is 0.339 e. The van der Waals surface area contributed by atoms with Gasteiger partial charge in [0, 0.05) is 19.9 Å². The van der Waals surface area contributed by atoms with Gasteiger partial charge in [0.2, 0.25) is 0 Å². The highest BCUT2D eigenvalue weighted by atomic mass is 16.5. The number of hydrogen-bond acceptors (Lipinski definition) is 3. The molecule has 0 aliphatic carbocycles. The summed E-state index contributed by atoms with van der Waals surface area (Å²) in [5, 5.41) is 13.1. The Hall–Kier alpha value is -1.36. The SMILES string of the molecule is Cn1cc(C(=O)O)c(C2CCCO2)n1. The number of carboxylic acids is 1. The van der Waals surface area contributed by atoms with Crippen LogP contribution in [0.4, 0.5) is 0 Å². The molecule has 2 heterocycles. The van der Waals surface area contributed by atoms with Gasteiger partial charge in [-0.15, -0.1) is 0 Å². The molecule has 5 heteroatoms. The Balaban J connectivity index is 2.35. The second-order valence-corrected chi connectivity index (χ2v) is 3.41. The lowest BCUT2D eigenvalue weighted by molar-refractivity contribution is 0.0681. The van der Waals surface area contributed by atoms with Crippen molar-refractivity contribution in [3.8, 4) is 0 Å². The molecule has 0 aromatic carbocycles. The maximum absolute atomic E-state index is 10.9. The molecule has 0 saturated carbocycles. The molecule has 0 amide bonds. The molecule has 5 nitrogen and oxygen atoms in total. The van der Waals surface area contributed by atoms with Crippen LogP contribution >= 0.6 is 0 Å². The summed E-state index contributed by atoms with van der Waals surface area (Å²) in [4.78, 5) is 10.9. The summed E-state index contributed by atoms with van der Waals surface area (Å²) in [5.74, 6) is -0.941. The first-order valence-electron chi connectivity index (χ1n) is 4.57. The number of nitrogens with zero attached hydrogens (tertiary/aromatic N) is 2. The van der Waals surface area contributed by atoms with Gasteiger partial charge in [0.25, 0.3) is 0 Å². The number of carboxylic acid groups (broad SMARTS) is 1. The van der Waals surface area contributed by atoms with E-state index in [0.29, 0.717) is 12.3 Å². The topological polar surface area (TPSA) is 64.4 Å². The smallest absolute Gasteiger partial charge is 0.339 e. The molecular formula is C9H12N2O3. The quantitative estimate of drug-likeness (QED) is 0.765. The standard InChI is InChI=1S/C9H12N2O3/c1-11-5-6(9(12)13)8(10-11)7-3-2-4-14-7/h5,7H,2-4H2,1H3,(H,12,13). The number of hydrogen-bond donors (Lipinski definition) is 1. The van der Waals surface area contributed by atoms with Gasteiger partial charge in [-0.1, -0.05) is 0 Å². The fourth-order valence-electron chi connectivity index (χ4n) is 1.70. The lowest BCUT2D eigenvalue weighted by atomic mass is 10.1. The molecule has 1 aliphatic heterocycles. The summed E-state index contributed by atoms with van der Waals surface area (Å²) in [6.07, 6.45) is 3.21. The Kier molecular flexibility index (Phi) is 2.25. The lowest BCUT2D eigenvalue weighted by Crippen LogP contribution is -2.05. The molecule has 1 fully saturated rings. The minimum Gasteiger partial charge on any atom is -0.478 e. The van der Waals surface area contributed by atoms with Gasteiger partial charge in [-0.2, -0.15) is 5.10 Å². The van der Waals surface area contributed by atoms with Crippen molar-refractivity contribution in [2.24, 2.45) is 7.05 Å². The Morgan fingerprint density at radius 1 is 1.79 bits per heavy atom. The van der Waals surface area contributed by atoms with Crippen molar-refractivity contribution >= 4 is 5.97 Å². The summed E-state index contributed by atoms with van der Waals surface area (Å²) < 4.78 is 6.92. The normalized spacial score (nSPS) is 21.4. The minimum atomic E-state index is -0.941. The Bertz CT molecular complexity index is 353. The molecule has 1 unspecified atom stereocenters. The zero-order valence-corrected chi connectivity index (χ0v) is 7.93. The molecule has 1 atom stereocenters. The molecular weight excluding hydrogens is 184 g/mol. The lowest BCUT2D eigenvalue weighted by Gasteiger charge is -2.06. The zero-order chi connectivity index (χ0) is 10.1. The molecule has 1 aromatic heterocycles. The second kappa shape index (κ2) is 3.42. The van der Waals surface area contributed by atoms with Crippen molar-refractivity contribution in [2.45, 2.75) is 18.9 Å². The number of aromatic nitrogens is 2. The van der Waals surface area contributed by atoms with Gasteiger partial charge in [0.1, 0.15) is 17.4 Å². The fourth-order valence-corrected chi connectivity index (χ4v) is 1.70. The van der Waals surface area contributed by atoms with E-state index in [1.807, 2.05) is 0 Å². The summed E-state index contributed by atoms with van der Waals surface area (Å²) in [6, 6.07) is 0. The monoisotopic (exact) mass is 196 g/mol. The van der Waals surface area contributed by atoms with Crippen LogP contribution in [-0.2, 0) is 11.8 Å². The van der Waals surface area contributed by atoms with Gasteiger partial charge in [-0.25, -0.2) is 4.79 Å². The van der Waals surface area contributed by atoms with Crippen LogP contribution < -0.4 is 0 Å². The molecule has 14 heavy (non-hydrogen) atoms. The summed E-state index contributed by atoms with van der Waals surface area (Å²) in [5.41, 5.74) is 0.803. The molecule has 0 radical (unpaired) electrons. The van der Waals surface area contributed by atoms with Crippen molar-refractivity contribution in [1.82, 2.24) is 9.78 Å².